The van der Waals surface area contributed by atoms with Gasteiger partial charge < -0.3 is 10.1 Å². The number of carbonyl (C=O) groups is 1. The maximum atomic E-state index is 11.7. The number of ether oxygens (including phenoxy) is 1. The highest BCUT2D eigenvalue weighted by molar-refractivity contribution is 7.91. The molecule has 116 valence electrons. The van der Waals surface area contributed by atoms with Crippen LogP contribution in [0, 0.1) is 5.92 Å². The van der Waals surface area contributed by atoms with E-state index in [2.05, 4.69) is 5.32 Å². The fourth-order valence-corrected chi connectivity index (χ4v) is 4.25. The fraction of sp³-hybridized carbons (Fsp3) is 0.500. The van der Waals surface area contributed by atoms with Crippen molar-refractivity contribution in [1.82, 2.24) is 5.32 Å². The second-order valence-corrected chi connectivity index (χ2v) is 7.79. The minimum Gasteiger partial charge on any atom is -0.492 e. The molecule has 1 heterocycles. The molecule has 2 rings (SSSR count). The SMILES string of the molecule is O=C(C[C@H]1CCS(=O)(=O)C1)NCCOc1ccc(Cl)cc1. The van der Waals surface area contributed by atoms with Gasteiger partial charge in [-0.1, -0.05) is 11.6 Å². The molecule has 7 heteroatoms. The van der Waals surface area contributed by atoms with Crippen LogP contribution in [-0.4, -0.2) is 39.0 Å². The average molecular weight is 332 g/mol. The molecular formula is C14H18ClNO4S. The van der Waals surface area contributed by atoms with Crippen molar-refractivity contribution in [2.75, 3.05) is 24.7 Å². The van der Waals surface area contributed by atoms with E-state index >= 15 is 0 Å². The lowest BCUT2D eigenvalue weighted by Gasteiger charge is -2.10. The Kier molecular flexibility index (Phi) is 5.47. The van der Waals surface area contributed by atoms with Crippen LogP contribution in [-0.2, 0) is 14.6 Å². The quantitative estimate of drug-likeness (QED) is 0.805. The van der Waals surface area contributed by atoms with Crippen LogP contribution in [0.1, 0.15) is 12.8 Å². The second kappa shape index (κ2) is 7.13. The maximum absolute atomic E-state index is 11.7. The topological polar surface area (TPSA) is 72.5 Å². The summed E-state index contributed by atoms with van der Waals surface area (Å²) in [6.45, 7) is 0.747. The lowest BCUT2D eigenvalue weighted by molar-refractivity contribution is -0.121. The number of rotatable bonds is 6. The molecule has 21 heavy (non-hydrogen) atoms. The minimum absolute atomic E-state index is 0.0489. The van der Waals surface area contributed by atoms with Crippen LogP contribution in [0.15, 0.2) is 24.3 Å². The monoisotopic (exact) mass is 331 g/mol. The number of sulfone groups is 1. The van der Waals surface area contributed by atoms with E-state index in [0.29, 0.717) is 30.3 Å². The number of halogens is 1. The molecular weight excluding hydrogens is 314 g/mol. The van der Waals surface area contributed by atoms with Gasteiger partial charge in [0.1, 0.15) is 12.4 Å². The first-order valence-electron chi connectivity index (χ1n) is 6.80. The number of amides is 1. The molecule has 0 bridgehead atoms. The molecule has 0 radical (unpaired) electrons. The first kappa shape index (κ1) is 16.1. The van der Waals surface area contributed by atoms with Gasteiger partial charge in [-0.3, -0.25) is 4.79 Å². The van der Waals surface area contributed by atoms with Crippen molar-refractivity contribution in [3.8, 4) is 5.75 Å². The molecule has 0 unspecified atom stereocenters. The van der Waals surface area contributed by atoms with E-state index in [4.69, 9.17) is 16.3 Å². The van der Waals surface area contributed by atoms with Crippen LogP contribution < -0.4 is 10.1 Å². The standard InChI is InChI=1S/C14H18ClNO4S/c15-12-1-3-13(4-2-12)20-7-6-16-14(17)9-11-5-8-21(18,19)10-11/h1-4,11H,5-10H2,(H,16,17)/t11-/m1/s1. The van der Waals surface area contributed by atoms with Crippen LogP contribution in [0.25, 0.3) is 0 Å². The number of hydrogen-bond acceptors (Lipinski definition) is 4. The summed E-state index contributed by atoms with van der Waals surface area (Å²) in [5.74, 6) is 0.839. The van der Waals surface area contributed by atoms with E-state index in [1.807, 2.05) is 0 Å². The van der Waals surface area contributed by atoms with E-state index in [9.17, 15) is 13.2 Å². The van der Waals surface area contributed by atoms with Gasteiger partial charge in [0.2, 0.25) is 5.91 Å². The smallest absolute Gasteiger partial charge is 0.220 e. The molecule has 0 spiro atoms. The highest BCUT2D eigenvalue weighted by Gasteiger charge is 2.29. The first-order chi connectivity index (χ1) is 9.94. The van der Waals surface area contributed by atoms with Crippen LogP contribution >= 0.6 is 11.6 Å². The summed E-state index contributed by atoms with van der Waals surface area (Å²) in [4.78, 5) is 11.7. The Hall–Kier alpha value is -1.27. The number of benzene rings is 1. The molecule has 1 aliphatic rings. The second-order valence-electron chi connectivity index (χ2n) is 5.13. The zero-order valence-corrected chi connectivity index (χ0v) is 13.1. The molecule has 1 saturated heterocycles. The van der Waals surface area contributed by atoms with E-state index in [1.54, 1.807) is 24.3 Å². The Bertz CT molecular complexity index is 585. The normalized spacial score (nSPS) is 20.1. The minimum atomic E-state index is -2.92. The largest absolute Gasteiger partial charge is 0.492 e. The van der Waals surface area contributed by atoms with Crippen molar-refractivity contribution in [2.24, 2.45) is 5.92 Å². The van der Waals surface area contributed by atoms with Crippen LogP contribution in [0.4, 0.5) is 0 Å². The van der Waals surface area contributed by atoms with Crippen molar-refractivity contribution >= 4 is 27.3 Å². The molecule has 0 aliphatic carbocycles. The summed E-state index contributed by atoms with van der Waals surface area (Å²) in [5.41, 5.74) is 0. The molecule has 1 aromatic carbocycles. The lowest BCUT2D eigenvalue weighted by atomic mass is 10.1. The number of carbonyl (C=O) groups excluding carboxylic acids is 1. The van der Waals surface area contributed by atoms with E-state index in [0.717, 1.165) is 0 Å². The van der Waals surface area contributed by atoms with Crippen molar-refractivity contribution in [2.45, 2.75) is 12.8 Å². The molecule has 1 fully saturated rings. The highest BCUT2D eigenvalue weighted by atomic mass is 35.5. The molecule has 1 amide bonds. The Labute approximate surface area is 129 Å². The van der Waals surface area contributed by atoms with Gasteiger partial charge in [-0.25, -0.2) is 8.42 Å². The first-order valence-corrected chi connectivity index (χ1v) is 9.00. The van der Waals surface area contributed by atoms with Crippen LogP contribution in [0.2, 0.25) is 5.02 Å². The van der Waals surface area contributed by atoms with Crippen molar-refractivity contribution in [1.29, 1.82) is 0 Å². The fourth-order valence-electron chi connectivity index (χ4n) is 2.26. The summed E-state index contributed by atoms with van der Waals surface area (Å²) in [6, 6.07) is 6.98. The van der Waals surface area contributed by atoms with Gasteiger partial charge in [-0.2, -0.15) is 0 Å². The molecule has 1 atom stereocenters. The predicted molar refractivity (Wildman–Crippen MR) is 81.3 cm³/mol. The molecule has 0 aromatic heterocycles. The lowest BCUT2D eigenvalue weighted by Crippen LogP contribution is -2.29. The zero-order valence-electron chi connectivity index (χ0n) is 11.5. The van der Waals surface area contributed by atoms with Crippen LogP contribution in [0.3, 0.4) is 0 Å². The molecule has 1 aliphatic heterocycles. The Balaban J connectivity index is 1.62. The van der Waals surface area contributed by atoms with Crippen molar-refractivity contribution in [3.05, 3.63) is 29.3 Å². The Morgan fingerprint density at radius 2 is 2.05 bits per heavy atom. The van der Waals surface area contributed by atoms with Gasteiger partial charge in [-0.05, 0) is 36.6 Å². The van der Waals surface area contributed by atoms with Gasteiger partial charge in [0.25, 0.3) is 0 Å². The highest BCUT2D eigenvalue weighted by Crippen LogP contribution is 2.21. The molecule has 5 nitrogen and oxygen atoms in total. The van der Waals surface area contributed by atoms with Crippen molar-refractivity contribution < 1.29 is 17.9 Å². The van der Waals surface area contributed by atoms with E-state index in [1.165, 1.54) is 0 Å². The summed E-state index contributed by atoms with van der Waals surface area (Å²) >= 11 is 5.76. The summed E-state index contributed by atoms with van der Waals surface area (Å²) in [7, 11) is -2.92. The summed E-state index contributed by atoms with van der Waals surface area (Å²) in [5, 5.41) is 3.37. The number of hydrogen-bond donors (Lipinski definition) is 1. The zero-order chi connectivity index (χ0) is 15.3. The molecule has 1 N–H and O–H groups in total. The Morgan fingerprint density at radius 3 is 2.67 bits per heavy atom. The average Bonchev–Trinajstić information content (AvgIpc) is 2.76. The van der Waals surface area contributed by atoms with Gasteiger partial charge in [-0.15, -0.1) is 0 Å². The Morgan fingerprint density at radius 1 is 1.33 bits per heavy atom. The summed E-state index contributed by atoms with van der Waals surface area (Å²) < 4.78 is 28.1. The van der Waals surface area contributed by atoms with Gasteiger partial charge in [0, 0.05) is 11.4 Å². The predicted octanol–water partition coefficient (Wildman–Crippen LogP) is 1.66. The third-order valence-corrected chi connectivity index (χ3v) is 5.40. The molecule has 0 saturated carbocycles. The van der Waals surface area contributed by atoms with Crippen LogP contribution in [0.5, 0.6) is 5.75 Å². The van der Waals surface area contributed by atoms with E-state index < -0.39 is 9.84 Å². The third-order valence-electron chi connectivity index (χ3n) is 3.31. The van der Waals surface area contributed by atoms with Gasteiger partial charge >= 0.3 is 0 Å². The number of nitrogens with one attached hydrogen (secondary N) is 1. The summed E-state index contributed by atoms with van der Waals surface area (Å²) in [6.07, 6.45) is 0.844. The van der Waals surface area contributed by atoms with Crippen molar-refractivity contribution in [3.63, 3.8) is 0 Å². The van der Waals surface area contributed by atoms with Gasteiger partial charge in [0.05, 0.1) is 18.1 Å². The third kappa shape index (κ3) is 5.55. The maximum Gasteiger partial charge on any atom is 0.220 e. The van der Waals surface area contributed by atoms with Gasteiger partial charge in [0.15, 0.2) is 9.84 Å². The molecule has 1 aromatic rings. The van der Waals surface area contributed by atoms with E-state index in [-0.39, 0.29) is 29.8 Å².